The molecule has 0 saturated heterocycles. The molecule has 0 bridgehead atoms. The van der Waals surface area contributed by atoms with E-state index in [4.69, 9.17) is 5.73 Å². The van der Waals surface area contributed by atoms with Crippen LogP contribution in [0, 0.1) is 33.8 Å². The highest BCUT2D eigenvalue weighted by molar-refractivity contribution is 14.1. The summed E-state index contributed by atoms with van der Waals surface area (Å²) in [4.78, 5) is 3.60. The normalized spacial score (nSPS) is 10.9. The van der Waals surface area contributed by atoms with E-state index in [1.54, 1.807) is 13.0 Å². The van der Waals surface area contributed by atoms with Crippen LogP contribution >= 0.6 is 22.6 Å². The Bertz CT molecular complexity index is 1020. The lowest BCUT2D eigenvalue weighted by atomic mass is 10.0. The number of rotatable bonds is 4. The first kappa shape index (κ1) is 19.4. The van der Waals surface area contributed by atoms with Gasteiger partial charge in [0.25, 0.3) is 0 Å². The number of nitrogens with zero attached hydrogens (tertiary/aromatic N) is 1. The number of aromatic nitrogens is 1. The first-order valence-electron chi connectivity index (χ1n) is 7.86. The van der Waals surface area contributed by atoms with Gasteiger partial charge in [-0.2, -0.15) is 0 Å². The van der Waals surface area contributed by atoms with Gasteiger partial charge in [0.1, 0.15) is 5.82 Å². The molecule has 0 spiro atoms. The molecule has 27 heavy (non-hydrogen) atoms. The van der Waals surface area contributed by atoms with Gasteiger partial charge in [-0.05, 0) is 70.5 Å². The highest BCUT2D eigenvalue weighted by Gasteiger charge is 2.19. The lowest BCUT2D eigenvalue weighted by Crippen LogP contribution is -2.06. The van der Waals surface area contributed by atoms with Gasteiger partial charge in [0.2, 0.25) is 0 Å². The smallest absolute Gasteiger partial charge is 0.182 e. The summed E-state index contributed by atoms with van der Waals surface area (Å²) in [6, 6.07) is 7.10. The van der Waals surface area contributed by atoms with E-state index in [-0.39, 0.29) is 34.7 Å². The molecule has 0 atom stereocenters. The van der Waals surface area contributed by atoms with E-state index in [1.807, 2.05) is 22.6 Å². The van der Waals surface area contributed by atoms with Crippen LogP contribution in [0.2, 0.25) is 0 Å². The Morgan fingerprint density at radius 2 is 1.74 bits per heavy atom. The number of aryl methyl sites for hydroxylation is 1. The van der Waals surface area contributed by atoms with Crippen LogP contribution in [0.1, 0.15) is 16.7 Å². The summed E-state index contributed by atoms with van der Waals surface area (Å²) >= 11 is 1.95. The summed E-state index contributed by atoms with van der Waals surface area (Å²) in [6.07, 6.45) is 1.10. The van der Waals surface area contributed by atoms with Crippen molar-refractivity contribution in [3.05, 3.63) is 80.1 Å². The third kappa shape index (κ3) is 4.00. The zero-order chi connectivity index (χ0) is 19.7. The Hall–Kier alpha value is -2.36. The number of anilines is 3. The molecule has 0 fully saturated rings. The van der Waals surface area contributed by atoms with Crippen LogP contribution in [0.3, 0.4) is 0 Å². The number of hydrogen-bond donors (Lipinski definition) is 2. The fraction of sp³-hybridized carbons (Fsp3) is 0.105. The first-order valence-corrected chi connectivity index (χ1v) is 8.94. The maximum Gasteiger partial charge on any atom is 0.182 e. The minimum Gasteiger partial charge on any atom is -0.381 e. The van der Waals surface area contributed by atoms with Crippen molar-refractivity contribution >= 4 is 39.8 Å². The molecular formula is C19H14F4IN3. The van der Waals surface area contributed by atoms with E-state index in [1.165, 1.54) is 30.5 Å². The maximum absolute atomic E-state index is 14.6. The Balaban J connectivity index is 1.97. The number of nitrogen functional groups attached to an aromatic ring is 1. The van der Waals surface area contributed by atoms with Gasteiger partial charge >= 0.3 is 0 Å². The fourth-order valence-electron chi connectivity index (χ4n) is 2.67. The largest absolute Gasteiger partial charge is 0.381 e. The van der Waals surface area contributed by atoms with Gasteiger partial charge in [-0.15, -0.1) is 0 Å². The molecule has 3 aromatic rings. The average molecular weight is 487 g/mol. The second-order valence-electron chi connectivity index (χ2n) is 5.95. The van der Waals surface area contributed by atoms with Crippen LogP contribution < -0.4 is 11.1 Å². The molecule has 1 heterocycles. The predicted octanol–water partition coefficient (Wildman–Crippen LogP) is 5.47. The molecule has 0 aliphatic heterocycles. The van der Waals surface area contributed by atoms with Crippen molar-refractivity contribution in [2.45, 2.75) is 13.3 Å². The molecule has 2 aromatic carbocycles. The summed E-state index contributed by atoms with van der Waals surface area (Å²) in [5, 5.41) is 2.59. The number of pyridine rings is 1. The third-order valence-corrected chi connectivity index (χ3v) is 4.72. The van der Waals surface area contributed by atoms with Crippen LogP contribution in [0.5, 0.6) is 0 Å². The second-order valence-corrected chi connectivity index (χ2v) is 7.20. The fourth-order valence-corrected chi connectivity index (χ4v) is 3.13. The zero-order valence-corrected chi connectivity index (χ0v) is 16.2. The van der Waals surface area contributed by atoms with Crippen LogP contribution in [-0.4, -0.2) is 4.98 Å². The van der Waals surface area contributed by atoms with E-state index in [2.05, 4.69) is 10.3 Å². The molecule has 0 unspecified atom stereocenters. The van der Waals surface area contributed by atoms with Crippen molar-refractivity contribution in [2.75, 3.05) is 11.1 Å². The Labute approximate surface area is 166 Å². The van der Waals surface area contributed by atoms with E-state index in [0.29, 0.717) is 9.13 Å². The lowest BCUT2D eigenvalue weighted by Gasteiger charge is -2.15. The predicted molar refractivity (Wildman–Crippen MR) is 105 cm³/mol. The monoisotopic (exact) mass is 487 g/mol. The van der Waals surface area contributed by atoms with Gasteiger partial charge in [-0.3, -0.25) is 0 Å². The van der Waals surface area contributed by atoms with Gasteiger partial charge in [0.15, 0.2) is 23.3 Å². The minimum absolute atomic E-state index is 0.0255. The topological polar surface area (TPSA) is 50.9 Å². The third-order valence-electron chi connectivity index (χ3n) is 4.05. The van der Waals surface area contributed by atoms with Gasteiger partial charge < -0.3 is 11.1 Å². The zero-order valence-electron chi connectivity index (χ0n) is 14.1. The lowest BCUT2D eigenvalue weighted by molar-refractivity contribution is 0.502. The van der Waals surface area contributed by atoms with Crippen molar-refractivity contribution in [2.24, 2.45) is 0 Å². The summed E-state index contributed by atoms with van der Waals surface area (Å²) in [6.45, 7) is 1.55. The molecule has 8 heteroatoms. The van der Waals surface area contributed by atoms with Crippen molar-refractivity contribution in [1.29, 1.82) is 0 Å². The molecule has 0 amide bonds. The summed E-state index contributed by atoms with van der Waals surface area (Å²) in [5.41, 5.74) is 5.67. The van der Waals surface area contributed by atoms with Crippen LogP contribution in [0.15, 0.2) is 36.5 Å². The van der Waals surface area contributed by atoms with E-state index < -0.39 is 23.3 Å². The molecule has 3 N–H and O–H groups in total. The molecule has 0 aliphatic carbocycles. The van der Waals surface area contributed by atoms with Crippen LogP contribution in [0.25, 0.3) is 0 Å². The molecule has 3 rings (SSSR count). The quantitative estimate of drug-likeness (QED) is 0.379. The number of hydrogen-bond acceptors (Lipinski definition) is 3. The summed E-state index contributed by atoms with van der Waals surface area (Å²) < 4.78 is 57.8. The minimum atomic E-state index is -1.16. The molecule has 1 aromatic heterocycles. The standard InChI is InChI=1S/C19H14F4IN3/c1-9-6-11(7-10-4-5-26-19(25)16(10)22)15(21)17(23)18(9)27-14-3-2-12(24)8-13(14)20/h2-6,8,27H,7H2,1H3,(H2,25,26). The Kier molecular flexibility index (Phi) is 5.54. The number of benzene rings is 2. The van der Waals surface area contributed by atoms with Crippen molar-refractivity contribution in [3.63, 3.8) is 0 Å². The second kappa shape index (κ2) is 7.71. The Morgan fingerprint density at radius 1 is 1.00 bits per heavy atom. The molecule has 3 nitrogen and oxygen atoms in total. The highest BCUT2D eigenvalue weighted by atomic mass is 127. The average Bonchev–Trinajstić information content (AvgIpc) is 2.62. The molecule has 0 aliphatic rings. The molecule has 140 valence electrons. The number of nitrogens with two attached hydrogens (primary N) is 1. The molecule has 0 radical (unpaired) electrons. The summed E-state index contributed by atoms with van der Waals surface area (Å²) in [7, 11) is 0. The number of nitrogens with one attached hydrogen (secondary N) is 1. The van der Waals surface area contributed by atoms with Gasteiger partial charge in [-0.25, -0.2) is 22.5 Å². The van der Waals surface area contributed by atoms with Gasteiger partial charge in [0.05, 0.1) is 11.4 Å². The van der Waals surface area contributed by atoms with Gasteiger partial charge in [-0.1, -0.05) is 6.07 Å². The maximum atomic E-state index is 14.6. The first-order chi connectivity index (χ1) is 12.8. The Morgan fingerprint density at radius 3 is 2.44 bits per heavy atom. The molecular weight excluding hydrogens is 473 g/mol. The molecule has 0 saturated carbocycles. The van der Waals surface area contributed by atoms with Crippen LogP contribution in [-0.2, 0) is 6.42 Å². The summed E-state index contributed by atoms with van der Waals surface area (Å²) in [5.74, 6) is -3.95. The number of halogens is 5. The van der Waals surface area contributed by atoms with E-state index in [0.717, 1.165) is 0 Å². The highest BCUT2D eigenvalue weighted by Crippen LogP contribution is 2.31. The van der Waals surface area contributed by atoms with Crippen molar-refractivity contribution < 1.29 is 17.6 Å². The van der Waals surface area contributed by atoms with Crippen molar-refractivity contribution in [3.8, 4) is 0 Å². The van der Waals surface area contributed by atoms with Crippen molar-refractivity contribution in [1.82, 2.24) is 4.98 Å². The van der Waals surface area contributed by atoms with E-state index in [9.17, 15) is 17.6 Å². The van der Waals surface area contributed by atoms with Crippen LogP contribution in [0.4, 0.5) is 34.8 Å². The van der Waals surface area contributed by atoms with E-state index >= 15 is 0 Å². The SMILES string of the molecule is Cc1cc(Cc2ccnc(N)c2F)c(F)c(F)c1Nc1ccc(I)cc1F. The van der Waals surface area contributed by atoms with Gasteiger partial charge in [0, 0.05) is 16.2 Å².